The standard InChI is InChI=1S/C20H27NO4/c1-16(2)8-7-9-17(3)12-13-24-19(22)14-21-20(23)25-15-18-10-5-4-6-11-18/h4-6,8,10-12H,7,9,13-15H2,1-3H3,(H,21,23)/b17-12+. The Morgan fingerprint density at radius 1 is 1.04 bits per heavy atom. The number of hydrogen-bond acceptors (Lipinski definition) is 4. The van der Waals surface area contributed by atoms with E-state index in [-0.39, 0.29) is 19.8 Å². The lowest BCUT2D eigenvalue weighted by atomic mass is 10.1. The highest BCUT2D eigenvalue weighted by Crippen LogP contribution is 2.06. The molecule has 0 aromatic heterocycles. The molecule has 0 aliphatic carbocycles. The summed E-state index contributed by atoms with van der Waals surface area (Å²) in [6.45, 7) is 6.30. The van der Waals surface area contributed by atoms with E-state index in [4.69, 9.17) is 9.47 Å². The van der Waals surface area contributed by atoms with Crippen LogP contribution < -0.4 is 5.32 Å². The lowest BCUT2D eigenvalue weighted by Gasteiger charge is -2.07. The van der Waals surface area contributed by atoms with Crippen molar-refractivity contribution in [1.82, 2.24) is 5.32 Å². The zero-order chi connectivity index (χ0) is 18.5. The third kappa shape index (κ3) is 10.8. The molecule has 0 heterocycles. The first kappa shape index (κ1) is 20.5. The molecule has 1 aromatic carbocycles. The van der Waals surface area contributed by atoms with Gasteiger partial charge in [-0.15, -0.1) is 0 Å². The highest BCUT2D eigenvalue weighted by atomic mass is 16.6. The molecule has 1 N–H and O–H groups in total. The number of carbonyl (C=O) groups is 2. The smallest absolute Gasteiger partial charge is 0.407 e. The number of allylic oxidation sites excluding steroid dienone is 3. The molecule has 0 aliphatic heterocycles. The molecular weight excluding hydrogens is 318 g/mol. The van der Waals surface area contributed by atoms with E-state index in [1.807, 2.05) is 43.3 Å². The van der Waals surface area contributed by atoms with Gasteiger partial charge in [-0.1, -0.05) is 47.6 Å². The normalized spacial score (nSPS) is 10.8. The second-order valence-corrected chi connectivity index (χ2v) is 5.97. The molecule has 136 valence electrons. The molecule has 0 unspecified atom stereocenters. The Hall–Kier alpha value is -2.56. The Kier molecular flexibility index (Phi) is 9.75. The number of carbonyl (C=O) groups excluding carboxylic acids is 2. The highest BCUT2D eigenvalue weighted by molar-refractivity contribution is 5.77. The van der Waals surface area contributed by atoms with Crippen LogP contribution in [0.15, 0.2) is 53.6 Å². The number of ether oxygens (including phenoxy) is 2. The number of nitrogens with one attached hydrogen (secondary N) is 1. The minimum absolute atomic E-state index is 0.162. The van der Waals surface area contributed by atoms with Crippen LogP contribution in [-0.4, -0.2) is 25.2 Å². The lowest BCUT2D eigenvalue weighted by Crippen LogP contribution is -2.31. The Bertz CT molecular complexity index is 601. The number of alkyl carbamates (subject to hydrolysis) is 1. The minimum Gasteiger partial charge on any atom is -0.460 e. The molecular formula is C20H27NO4. The van der Waals surface area contributed by atoms with E-state index in [1.54, 1.807) is 0 Å². The number of esters is 1. The van der Waals surface area contributed by atoms with Crippen molar-refractivity contribution < 1.29 is 19.1 Å². The average molecular weight is 345 g/mol. The molecule has 0 saturated heterocycles. The van der Waals surface area contributed by atoms with Crippen LogP contribution in [0.25, 0.3) is 0 Å². The zero-order valence-electron chi connectivity index (χ0n) is 15.2. The Morgan fingerprint density at radius 2 is 1.76 bits per heavy atom. The van der Waals surface area contributed by atoms with E-state index in [1.165, 1.54) is 11.1 Å². The summed E-state index contributed by atoms with van der Waals surface area (Å²) in [7, 11) is 0. The van der Waals surface area contributed by atoms with E-state index >= 15 is 0 Å². The summed E-state index contributed by atoms with van der Waals surface area (Å²) < 4.78 is 10.1. The maximum absolute atomic E-state index is 11.6. The molecule has 1 rings (SSSR count). The van der Waals surface area contributed by atoms with Crippen molar-refractivity contribution in [2.45, 2.75) is 40.2 Å². The molecule has 1 aromatic rings. The summed E-state index contributed by atoms with van der Waals surface area (Å²) in [5, 5.41) is 2.37. The van der Waals surface area contributed by atoms with Crippen molar-refractivity contribution >= 4 is 12.1 Å². The fourth-order valence-electron chi connectivity index (χ4n) is 1.94. The van der Waals surface area contributed by atoms with Gasteiger partial charge in [-0.05, 0) is 45.3 Å². The lowest BCUT2D eigenvalue weighted by molar-refractivity contribution is -0.141. The molecule has 0 aliphatic rings. The van der Waals surface area contributed by atoms with Crippen LogP contribution in [0, 0.1) is 0 Å². The molecule has 0 atom stereocenters. The predicted octanol–water partition coefficient (Wildman–Crippen LogP) is 4.15. The predicted molar refractivity (Wildman–Crippen MR) is 98.0 cm³/mol. The molecule has 0 bridgehead atoms. The number of hydrogen-bond donors (Lipinski definition) is 1. The van der Waals surface area contributed by atoms with Gasteiger partial charge in [0, 0.05) is 0 Å². The van der Waals surface area contributed by atoms with Gasteiger partial charge in [0.15, 0.2) is 0 Å². The Morgan fingerprint density at radius 3 is 2.44 bits per heavy atom. The van der Waals surface area contributed by atoms with Gasteiger partial charge in [0.2, 0.25) is 0 Å². The van der Waals surface area contributed by atoms with Crippen LogP contribution in [0.4, 0.5) is 4.79 Å². The van der Waals surface area contributed by atoms with Gasteiger partial charge in [-0.25, -0.2) is 4.79 Å². The van der Waals surface area contributed by atoms with Gasteiger partial charge in [0.25, 0.3) is 0 Å². The molecule has 0 spiro atoms. The summed E-state index contributed by atoms with van der Waals surface area (Å²) in [6.07, 6.45) is 5.33. The fourth-order valence-corrected chi connectivity index (χ4v) is 1.94. The summed E-state index contributed by atoms with van der Waals surface area (Å²) >= 11 is 0. The first-order chi connectivity index (χ1) is 12.0. The first-order valence-electron chi connectivity index (χ1n) is 8.36. The summed E-state index contributed by atoms with van der Waals surface area (Å²) in [6, 6.07) is 9.32. The van der Waals surface area contributed by atoms with E-state index in [0.717, 1.165) is 18.4 Å². The van der Waals surface area contributed by atoms with Crippen LogP contribution >= 0.6 is 0 Å². The monoisotopic (exact) mass is 345 g/mol. The summed E-state index contributed by atoms with van der Waals surface area (Å²) in [5.41, 5.74) is 3.35. The highest BCUT2D eigenvalue weighted by Gasteiger charge is 2.07. The maximum Gasteiger partial charge on any atom is 0.407 e. The fraction of sp³-hybridized carbons (Fsp3) is 0.400. The SMILES string of the molecule is CC(C)=CCC/C(C)=C/COC(=O)CNC(=O)OCc1ccccc1. The van der Waals surface area contributed by atoms with Crippen LogP contribution in [0.1, 0.15) is 39.2 Å². The molecule has 0 radical (unpaired) electrons. The molecule has 5 heteroatoms. The van der Waals surface area contributed by atoms with Crippen molar-refractivity contribution in [2.24, 2.45) is 0 Å². The zero-order valence-corrected chi connectivity index (χ0v) is 15.2. The maximum atomic E-state index is 11.6. The molecule has 0 saturated carbocycles. The number of amides is 1. The topological polar surface area (TPSA) is 64.6 Å². The first-order valence-corrected chi connectivity index (χ1v) is 8.36. The largest absolute Gasteiger partial charge is 0.460 e. The second-order valence-electron chi connectivity index (χ2n) is 5.97. The molecule has 25 heavy (non-hydrogen) atoms. The van der Waals surface area contributed by atoms with Crippen LogP contribution in [0.2, 0.25) is 0 Å². The molecule has 5 nitrogen and oxygen atoms in total. The third-order valence-electron chi connectivity index (χ3n) is 3.36. The third-order valence-corrected chi connectivity index (χ3v) is 3.36. The van der Waals surface area contributed by atoms with E-state index in [0.29, 0.717) is 0 Å². The minimum atomic E-state index is -0.644. The van der Waals surface area contributed by atoms with Crippen LogP contribution in [0.3, 0.4) is 0 Å². The molecule has 0 fully saturated rings. The summed E-state index contributed by atoms with van der Waals surface area (Å²) in [5.74, 6) is -0.495. The van der Waals surface area contributed by atoms with Crippen LogP contribution in [-0.2, 0) is 20.9 Å². The van der Waals surface area contributed by atoms with Crippen molar-refractivity contribution in [2.75, 3.05) is 13.2 Å². The van der Waals surface area contributed by atoms with E-state index in [9.17, 15) is 9.59 Å². The van der Waals surface area contributed by atoms with Gasteiger partial charge in [-0.2, -0.15) is 0 Å². The van der Waals surface area contributed by atoms with Gasteiger partial charge >= 0.3 is 12.1 Å². The molecule has 1 amide bonds. The summed E-state index contributed by atoms with van der Waals surface area (Å²) in [4.78, 5) is 23.1. The van der Waals surface area contributed by atoms with Crippen molar-refractivity contribution in [1.29, 1.82) is 0 Å². The van der Waals surface area contributed by atoms with E-state index < -0.39 is 12.1 Å². The second kappa shape index (κ2) is 11.9. The van der Waals surface area contributed by atoms with Crippen LogP contribution in [0.5, 0.6) is 0 Å². The van der Waals surface area contributed by atoms with Crippen molar-refractivity contribution in [3.8, 4) is 0 Å². The van der Waals surface area contributed by atoms with Crippen molar-refractivity contribution in [3.63, 3.8) is 0 Å². The van der Waals surface area contributed by atoms with Gasteiger partial charge < -0.3 is 14.8 Å². The van der Waals surface area contributed by atoms with Gasteiger partial charge in [0.05, 0.1) is 0 Å². The quantitative estimate of drug-likeness (QED) is 0.539. The average Bonchev–Trinajstić information content (AvgIpc) is 2.58. The Labute approximate surface area is 149 Å². The van der Waals surface area contributed by atoms with Gasteiger partial charge in [-0.3, -0.25) is 4.79 Å². The number of rotatable bonds is 9. The Balaban J connectivity index is 2.15. The van der Waals surface area contributed by atoms with E-state index in [2.05, 4.69) is 25.2 Å². The van der Waals surface area contributed by atoms with Gasteiger partial charge in [0.1, 0.15) is 19.8 Å². The number of benzene rings is 1. The van der Waals surface area contributed by atoms with Crippen molar-refractivity contribution in [3.05, 3.63) is 59.2 Å².